The van der Waals surface area contributed by atoms with E-state index in [2.05, 4.69) is 20.0 Å². The second-order valence-corrected chi connectivity index (χ2v) is 10.8. The van der Waals surface area contributed by atoms with Gasteiger partial charge in [-0.05, 0) is 35.9 Å². The van der Waals surface area contributed by atoms with Crippen molar-refractivity contribution in [2.45, 2.75) is 4.90 Å². The van der Waals surface area contributed by atoms with Crippen molar-refractivity contribution in [2.24, 2.45) is 0 Å². The Hall–Kier alpha value is -3.12. The lowest BCUT2D eigenvalue weighted by Crippen LogP contribution is -2.49. The third-order valence-corrected chi connectivity index (χ3v) is 8.30. The van der Waals surface area contributed by atoms with Crippen molar-refractivity contribution in [3.8, 4) is 22.6 Å². The number of nitrogens with zero attached hydrogens (tertiary/aromatic N) is 6. The Bertz CT molecular complexity index is 1520. The Morgan fingerprint density at radius 1 is 0.889 bits per heavy atom. The summed E-state index contributed by atoms with van der Waals surface area (Å²) in [6.07, 6.45) is 3.17. The molecule has 4 aromatic rings. The molecule has 2 aromatic carbocycles. The van der Waals surface area contributed by atoms with Gasteiger partial charge in [0, 0.05) is 48.0 Å². The number of sulfonamides is 1. The maximum atomic E-state index is 13.3. The Labute approximate surface area is 218 Å². The fraction of sp³-hybridized carbons (Fsp3) is 0.261. The van der Waals surface area contributed by atoms with E-state index in [1.54, 1.807) is 24.9 Å². The second-order valence-electron chi connectivity index (χ2n) is 8.03. The molecule has 2 aromatic heterocycles. The van der Waals surface area contributed by atoms with E-state index in [9.17, 15) is 8.42 Å². The zero-order valence-corrected chi connectivity index (χ0v) is 21.8. The Morgan fingerprint density at radius 3 is 2.25 bits per heavy atom. The molecule has 13 heteroatoms. The van der Waals surface area contributed by atoms with E-state index >= 15 is 0 Å². The lowest BCUT2D eigenvalue weighted by atomic mass is 10.1. The Balaban J connectivity index is 1.48. The van der Waals surface area contributed by atoms with Gasteiger partial charge in [0.05, 0.1) is 19.1 Å². The Kier molecular flexibility index (Phi) is 6.64. The molecule has 0 unspecified atom stereocenters. The van der Waals surface area contributed by atoms with Crippen molar-refractivity contribution in [1.29, 1.82) is 0 Å². The normalized spacial score (nSPS) is 14.8. The van der Waals surface area contributed by atoms with Gasteiger partial charge in [0.15, 0.2) is 11.5 Å². The molecule has 1 aliphatic heterocycles. The molecule has 0 saturated carbocycles. The zero-order chi connectivity index (χ0) is 25.4. The van der Waals surface area contributed by atoms with Gasteiger partial charge in [0.25, 0.3) is 5.78 Å². The molecule has 1 saturated heterocycles. The molecule has 0 amide bonds. The molecule has 0 radical (unpaired) electrons. The smallest absolute Gasteiger partial charge is 0.254 e. The number of benzene rings is 2. The van der Waals surface area contributed by atoms with Crippen LogP contribution in [-0.4, -0.2) is 72.7 Å². The van der Waals surface area contributed by atoms with E-state index in [0.29, 0.717) is 30.4 Å². The molecular formula is C23H22Cl2N6O4S. The maximum Gasteiger partial charge on any atom is 0.254 e. The summed E-state index contributed by atoms with van der Waals surface area (Å²) >= 11 is 12.1. The molecule has 0 spiro atoms. The van der Waals surface area contributed by atoms with E-state index in [4.69, 9.17) is 32.7 Å². The highest BCUT2D eigenvalue weighted by atomic mass is 35.5. The number of ether oxygens (including phenoxy) is 2. The third kappa shape index (κ3) is 4.43. The van der Waals surface area contributed by atoms with Gasteiger partial charge in [-0.15, -0.1) is 0 Å². The van der Waals surface area contributed by atoms with Crippen LogP contribution in [0, 0.1) is 0 Å². The van der Waals surface area contributed by atoms with Crippen LogP contribution in [0.15, 0.2) is 53.8 Å². The summed E-state index contributed by atoms with van der Waals surface area (Å²) < 4.78 is 40.4. The van der Waals surface area contributed by atoms with E-state index in [1.165, 1.54) is 28.8 Å². The van der Waals surface area contributed by atoms with Gasteiger partial charge in [-0.2, -0.15) is 18.9 Å². The van der Waals surface area contributed by atoms with Crippen LogP contribution in [0.1, 0.15) is 0 Å². The summed E-state index contributed by atoms with van der Waals surface area (Å²) in [5.74, 6) is 2.39. The van der Waals surface area contributed by atoms with Crippen LogP contribution in [-0.2, 0) is 10.0 Å². The molecule has 3 heterocycles. The molecule has 0 bridgehead atoms. The van der Waals surface area contributed by atoms with Crippen LogP contribution in [0.3, 0.4) is 0 Å². The Morgan fingerprint density at radius 2 is 1.58 bits per heavy atom. The molecule has 10 nitrogen and oxygen atoms in total. The summed E-state index contributed by atoms with van der Waals surface area (Å²) in [6.45, 7) is 1.37. The van der Waals surface area contributed by atoms with Crippen molar-refractivity contribution < 1.29 is 17.9 Å². The number of methoxy groups -OCH3 is 2. The van der Waals surface area contributed by atoms with Crippen LogP contribution in [0.2, 0.25) is 10.0 Å². The first-order valence-corrected chi connectivity index (χ1v) is 13.1. The van der Waals surface area contributed by atoms with E-state index in [0.717, 1.165) is 16.9 Å². The lowest BCUT2D eigenvalue weighted by molar-refractivity contribution is 0.355. The summed E-state index contributed by atoms with van der Waals surface area (Å²) in [5.41, 5.74) is 1.64. The van der Waals surface area contributed by atoms with Crippen LogP contribution in [0.4, 0.5) is 5.82 Å². The standard InChI is InChI=1S/C23H22Cl2N6O4S/c1-34-20-4-3-15(9-21(20)35-2)19-13-26-23-27-14-28-31(23)22(19)29-5-7-30(8-6-29)36(32,33)18-11-16(24)10-17(25)12-18/h3-4,9-14H,5-8H2,1-2H3. The van der Waals surface area contributed by atoms with Crippen LogP contribution >= 0.6 is 23.2 Å². The van der Waals surface area contributed by atoms with Crippen molar-refractivity contribution in [3.05, 3.63) is 59.0 Å². The quantitative estimate of drug-likeness (QED) is 0.360. The minimum atomic E-state index is -3.76. The van der Waals surface area contributed by atoms with Gasteiger partial charge in [0.2, 0.25) is 10.0 Å². The highest BCUT2D eigenvalue weighted by molar-refractivity contribution is 7.89. The van der Waals surface area contributed by atoms with Crippen molar-refractivity contribution >= 4 is 44.8 Å². The average Bonchev–Trinajstić information content (AvgIpc) is 3.36. The first kappa shape index (κ1) is 24.6. The molecule has 0 atom stereocenters. The number of rotatable bonds is 6. The van der Waals surface area contributed by atoms with Crippen LogP contribution < -0.4 is 14.4 Å². The van der Waals surface area contributed by atoms with E-state index in [-0.39, 0.29) is 28.0 Å². The monoisotopic (exact) mass is 548 g/mol. The van der Waals surface area contributed by atoms with Crippen molar-refractivity contribution in [2.75, 3.05) is 45.3 Å². The van der Waals surface area contributed by atoms with Gasteiger partial charge in [-0.1, -0.05) is 29.3 Å². The highest BCUT2D eigenvalue weighted by Crippen LogP contribution is 2.37. The SMILES string of the molecule is COc1ccc(-c2cnc3ncnn3c2N2CCN(S(=O)(=O)c3cc(Cl)cc(Cl)c3)CC2)cc1OC. The lowest BCUT2D eigenvalue weighted by Gasteiger charge is -2.36. The maximum absolute atomic E-state index is 13.3. The number of hydrogen-bond donors (Lipinski definition) is 0. The largest absolute Gasteiger partial charge is 0.493 e. The molecule has 5 rings (SSSR count). The number of piperazine rings is 1. The summed E-state index contributed by atoms with van der Waals surface area (Å²) in [4.78, 5) is 10.8. The van der Waals surface area contributed by atoms with Gasteiger partial charge >= 0.3 is 0 Å². The number of hydrogen-bond acceptors (Lipinski definition) is 8. The first-order valence-electron chi connectivity index (χ1n) is 10.9. The fourth-order valence-electron chi connectivity index (χ4n) is 4.25. The van der Waals surface area contributed by atoms with Crippen molar-refractivity contribution in [1.82, 2.24) is 23.9 Å². The predicted molar refractivity (Wildman–Crippen MR) is 137 cm³/mol. The van der Waals surface area contributed by atoms with Gasteiger partial charge in [-0.3, -0.25) is 0 Å². The predicted octanol–water partition coefficient (Wildman–Crippen LogP) is 3.63. The third-order valence-electron chi connectivity index (χ3n) is 5.99. The molecule has 0 N–H and O–H groups in total. The summed E-state index contributed by atoms with van der Waals surface area (Å²) in [7, 11) is -0.605. The topological polar surface area (TPSA) is 102 Å². The summed E-state index contributed by atoms with van der Waals surface area (Å²) in [6, 6.07) is 9.92. The zero-order valence-electron chi connectivity index (χ0n) is 19.4. The molecule has 36 heavy (non-hydrogen) atoms. The second kappa shape index (κ2) is 9.74. The number of halogens is 2. The number of aromatic nitrogens is 4. The van der Waals surface area contributed by atoms with Crippen molar-refractivity contribution in [3.63, 3.8) is 0 Å². The summed E-state index contributed by atoms with van der Waals surface area (Å²) in [5, 5.41) is 4.91. The van der Waals surface area contributed by atoms with Gasteiger partial charge in [0.1, 0.15) is 12.1 Å². The van der Waals surface area contributed by atoms with Gasteiger partial charge in [-0.25, -0.2) is 13.4 Å². The fourth-order valence-corrected chi connectivity index (χ4v) is 6.39. The van der Waals surface area contributed by atoms with Gasteiger partial charge < -0.3 is 14.4 Å². The minimum absolute atomic E-state index is 0.0713. The number of anilines is 1. The molecule has 188 valence electrons. The molecule has 1 fully saturated rings. The van der Waals surface area contributed by atoms with Crippen LogP contribution in [0.5, 0.6) is 11.5 Å². The molecule has 1 aliphatic rings. The first-order chi connectivity index (χ1) is 17.3. The average molecular weight is 549 g/mol. The molecule has 0 aliphatic carbocycles. The van der Waals surface area contributed by atoms with E-state index < -0.39 is 10.0 Å². The number of fused-ring (bicyclic) bond motifs is 1. The molecular weight excluding hydrogens is 527 g/mol. The minimum Gasteiger partial charge on any atom is -0.493 e. The highest BCUT2D eigenvalue weighted by Gasteiger charge is 2.31. The van der Waals surface area contributed by atoms with Crippen LogP contribution in [0.25, 0.3) is 16.9 Å². The van der Waals surface area contributed by atoms with E-state index in [1.807, 2.05) is 18.2 Å².